The lowest BCUT2D eigenvalue weighted by Gasteiger charge is -2.17. The molecule has 7 heteroatoms. The van der Waals surface area contributed by atoms with Gasteiger partial charge in [-0.15, -0.1) is 11.3 Å². The van der Waals surface area contributed by atoms with Gasteiger partial charge in [-0.2, -0.15) is 0 Å². The molecule has 0 aliphatic rings. The summed E-state index contributed by atoms with van der Waals surface area (Å²) in [6, 6.07) is -1.38. The van der Waals surface area contributed by atoms with Gasteiger partial charge >= 0.3 is 12.0 Å². The lowest BCUT2D eigenvalue weighted by atomic mass is 10.1. The fourth-order valence-electron chi connectivity index (χ4n) is 1.20. The van der Waals surface area contributed by atoms with Crippen LogP contribution in [0.25, 0.3) is 0 Å². The number of carbonyl (C=O) groups excluding carboxylic acids is 1. The van der Waals surface area contributed by atoms with E-state index in [-0.39, 0.29) is 5.92 Å². The highest BCUT2D eigenvalue weighted by Gasteiger charge is 2.23. The van der Waals surface area contributed by atoms with Gasteiger partial charge in [-0.05, 0) is 5.92 Å². The van der Waals surface area contributed by atoms with Crippen molar-refractivity contribution in [2.75, 3.05) is 0 Å². The number of rotatable bonds is 5. The molecular weight excluding hydrogens is 242 g/mol. The molecular formula is C10H15N3O3S. The summed E-state index contributed by atoms with van der Waals surface area (Å²) in [6.07, 6.45) is 0. The third-order valence-electron chi connectivity index (χ3n) is 2.13. The van der Waals surface area contributed by atoms with Crippen molar-refractivity contribution in [1.29, 1.82) is 0 Å². The van der Waals surface area contributed by atoms with E-state index in [9.17, 15) is 9.59 Å². The predicted molar refractivity (Wildman–Crippen MR) is 63.7 cm³/mol. The van der Waals surface area contributed by atoms with Crippen molar-refractivity contribution in [1.82, 2.24) is 15.6 Å². The van der Waals surface area contributed by atoms with Crippen molar-refractivity contribution >= 4 is 23.3 Å². The topological polar surface area (TPSA) is 91.3 Å². The molecule has 1 heterocycles. The maximum atomic E-state index is 11.4. The molecule has 1 aromatic heterocycles. The maximum absolute atomic E-state index is 11.4. The van der Waals surface area contributed by atoms with Gasteiger partial charge in [-0.25, -0.2) is 14.6 Å². The number of carbonyl (C=O) groups is 2. The van der Waals surface area contributed by atoms with Gasteiger partial charge in [-0.1, -0.05) is 13.8 Å². The largest absolute Gasteiger partial charge is 0.480 e. The number of aromatic nitrogens is 1. The van der Waals surface area contributed by atoms with Gasteiger partial charge in [0.2, 0.25) is 0 Å². The first-order valence-electron chi connectivity index (χ1n) is 5.15. The van der Waals surface area contributed by atoms with Gasteiger partial charge in [0.05, 0.1) is 17.7 Å². The van der Waals surface area contributed by atoms with Crippen molar-refractivity contribution in [2.45, 2.75) is 26.4 Å². The number of carboxylic acids is 1. The van der Waals surface area contributed by atoms with Crippen LogP contribution in [-0.2, 0) is 11.3 Å². The van der Waals surface area contributed by atoms with E-state index in [0.717, 1.165) is 5.69 Å². The first-order valence-corrected chi connectivity index (χ1v) is 6.09. The number of amides is 2. The molecule has 0 saturated heterocycles. The van der Waals surface area contributed by atoms with Crippen LogP contribution in [0.4, 0.5) is 4.79 Å². The van der Waals surface area contributed by atoms with Crippen LogP contribution < -0.4 is 10.6 Å². The standard InChI is InChI=1S/C10H15N3O3S/c1-6(2)8(9(14)15)13-10(16)11-3-7-4-17-5-12-7/h4-6,8H,3H2,1-2H3,(H,14,15)(H2,11,13,16)/t8-/m0/s1. The molecule has 0 spiro atoms. The lowest BCUT2D eigenvalue weighted by molar-refractivity contribution is -0.140. The van der Waals surface area contributed by atoms with Crippen LogP contribution in [0.1, 0.15) is 19.5 Å². The highest BCUT2D eigenvalue weighted by atomic mass is 32.1. The van der Waals surface area contributed by atoms with E-state index in [2.05, 4.69) is 15.6 Å². The first kappa shape index (κ1) is 13.4. The Labute approximate surface area is 103 Å². The van der Waals surface area contributed by atoms with E-state index in [1.807, 2.05) is 5.38 Å². The third-order valence-corrected chi connectivity index (χ3v) is 2.77. The van der Waals surface area contributed by atoms with Gasteiger partial charge in [0.25, 0.3) is 0 Å². The zero-order valence-corrected chi connectivity index (χ0v) is 10.5. The summed E-state index contributed by atoms with van der Waals surface area (Å²) in [5, 5.41) is 15.7. The molecule has 2 amide bonds. The summed E-state index contributed by atoms with van der Waals surface area (Å²) in [6.45, 7) is 3.76. The number of nitrogens with zero attached hydrogens (tertiary/aromatic N) is 1. The number of nitrogens with one attached hydrogen (secondary N) is 2. The lowest BCUT2D eigenvalue weighted by Crippen LogP contribution is -2.48. The quantitative estimate of drug-likeness (QED) is 0.735. The number of urea groups is 1. The Bertz CT molecular complexity index is 378. The van der Waals surface area contributed by atoms with Gasteiger partial charge < -0.3 is 15.7 Å². The minimum absolute atomic E-state index is 0.169. The number of aliphatic carboxylic acids is 1. The van der Waals surface area contributed by atoms with Crippen LogP contribution in [0.3, 0.4) is 0 Å². The van der Waals surface area contributed by atoms with Crippen LogP contribution in [0.5, 0.6) is 0 Å². The molecule has 6 nitrogen and oxygen atoms in total. The molecule has 1 aromatic rings. The van der Waals surface area contributed by atoms with Crippen molar-refractivity contribution in [3.05, 3.63) is 16.6 Å². The average molecular weight is 257 g/mol. The zero-order chi connectivity index (χ0) is 12.8. The predicted octanol–water partition coefficient (Wildman–Crippen LogP) is 1.05. The van der Waals surface area contributed by atoms with E-state index in [4.69, 9.17) is 5.11 Å². The van der Waals surface area contributed by atoms with Gasteiger partial charge in [0, 0.05) is 5.38 Å². The second-order valence-corrected chi connectivity index (χ2v) is 4.59. The minimum atomic E-state index is -1.04. The minimum Gasteiger partial charge on any atom is -0.480 e. The second-order valence-electron chi connectivity index (χ2n) is 3.87. The summed E-state index contributed by atoms with van der Waals surface area (Å²) < 4.78 is 0. The second kappa shape index (κ2) is 6.19. The first-order chi connectivity index (χ1) is 8.00. The summed E-state index contributed by atoms with van der Waals surface area (Å²) in [4.78, 5) is 26.3. The molecule has 1 atom stereocenters. The van der Waals surface area contributed by atoms with Crippen molar-refractivity contribution in [2.24, 2.45) is 5.92 Å². The van der Waals surface area contributed by atoms with E-state index >= 15 is 0 Å². The molecule has 17 heavy (non-hydrogen) atoms. The van der Waals surface area contributed by atoms with Gasteiger partial charge in [0.15, 0.2) is 0 Å². The van der Waals surface area contributed by atoms with Crippen molar-refractivity contribution < 1.29 is 14.7 Å². The maximum Gasteiger partial charge on any atom is 0.326 e. The van der Waals surface area contributed by atoms with E-state index in [1.165, 1.54) is 11.3 Å². The molecule has 0 aromatic carbocycles. The molecule has 0 radical (unpaired) electrons. The van der Waals surface area contributed by atoms with Gasteiger partial charge in [-0.3, -0.25) is 0 Å². The Hall–Kier alpha value is -1.63. The van der Waals surface area contributed by atoms with E-state index < -0.39 is 18.0 Å². The normalized spacial score (nSPS) is 12.2. The number of thiazole rings is 1. The molecule has 3 N–H and O–H groups in total. The van der Waals surface area contributed by atoms with Crippen LogP contribution in [0.15, 0.2) is 10.9 Å². The molecule has 94 valence electrons. The van der Waals surface area contributed by atoms with Crippen LogP contribution in [0.2, 0.25) is 0 Å². The Balaban J connectivity index is 2.40. The number of hydrogen-bond acceptors (Lipinski definition) is 4. The number of carboxylic acid groups (broad SMARTS) is 1. The fourth-order valence-corrected chi connectivity index (χ4v) is 1.76. The summed E-state index contributed by atoms with van der Waals surface area (Å²) in [7, 11) is 0. The smallest absolute Gasteiger partial charge is 0.326 e. The summed E-state index contributed by atoms with van der Waals surface area (Å²) in [5.74, 6) is -1.21. The molecule has 0 aliphatic heterocycles. The molecule has 0 aliphatic carbocycles. The highest BCUT2D eigenvalue weighted by molar-refractivity contribution is 7.07. The Morgan fingerprint density at radius 1 is 1.53 bits per heavy atom. The average Bonchev–Trinajstić information content (AvgIpc) is 2.74. The Morgan fingerprint density at radius 3 is 2.71 bits per heavy atom. The van der Waals surface area contributed by atoms with Gasteiger partial charge in [0.1, 0.15) is 6.04 Å². The van der Waals surface area contributed by atoms with E-state index in [0.29, 0.717) is 6.54 Å². The van der Waals surface area contributed by atoms with E-state index in [1.54, 1.807) is 19.4 Å². The molecule has 0 fully saturated rings. The van der Waals surface area contributed by atoms with Crippen molar-refractivity contribution in [3.63, 3.8) is 0 Å². The highest BCUT2D eigenvalue weighted by Crippen LogP contribution is 2.02. The molecule has 1 rings (SSSR count). The molecule has 0 saturated carbocycles. The SMILES string of the molecule is CC(C)[C@H](NC(=O)NCc1cscn1)C(=O)O. The number of hydrogen-bond donors (Lipinski definition) is 3. The van der Waals surface area contributed by atoms with Crippen LogP contribution in [-0.4, -0.2) is 28.1 Å². The third kappa shape index (κ3) is 4.39. The molecule has 0 unspecified atom stereocenters. The summed E-state index contributed by atoms with van der Waals surface area (Å²) >= 11 is 1.44. The van der Waals surface area contributed by atoms with Crippen molar-refractivity contribution in [3.8, 4) is 0 Å². The Morgan fingerprint density at radius 2 is 2.24 bits per heavy atom. The Kier molecular flexibility index (Phi) is 4.89. The molecule has 0 bridgehead atoms. The van der Waals surface area contributed by atoms with Crippen LogP contribution in [0, 0.1) is 5.92 Å². The van der Waals surface area contributed by atoms with Crippen LogP contribution >= 0.6 is 11.3 Å². The zero-order valence-electron chi connectivity index (χ0n) is 9.64. The fraction of sp³-hybridized carbons (Fsp3) is 0.500. The summed E-state index contributed by atoms with van der Waals surface area (Å²) in [5.41, 5.74) is 2.42. The monoisotopic (exact) mass is 257 g/mol.